The SMILES string of the molecule is CCCCCCCCCCCCCCCCCCCCCCCCC(=O)OC[C@H](COP(=O)(O)OC[C@@H](O)COP(=O)(O)OC[C@@H](COC(=O)CCCCCCCCCCCCCCC)OC(=O)CCCCCCCCCCCCCCCCCCCCCCCC)OC(=O)CCCCCCCCCCCCCCCCCCCCC(C)CC. The standard InChI is InChI=1S/C100H196O17P2/c1-6-10-13-16-19-22-25-28-30-32-34-36-38-40-45-49-54-59-64-69-74-79-84-98(103)111-90-96(117-100(105)86-81-76-71-66-61-56-51-47-43-42-44-48-53-57-62-67-72-77-82-93(5)9-4)92-115-119(108,109)113-88-94(101)87-112-118(106,107)114-91-95(89-110-97(102)83-78-73-68-63-58-52-27-24-21-18-15-12-8-3)116-99(104)85-80-75-70-65-60-55-50-46-41-39-37-35-33-31-29-26-23-20-17-14-11-7-2/h93-96,101H,6-92H2,1-5H3,(H,106,107)(H,108,109)/t93?,94-,95+,96+/m0/s1. The first kappa shape index (κ1) is 117. The third kappa shape index (κ3) is 92.1. The van der Waals surface area contributed by atoms with E-state index in [1.165, 1.54) is 379 Å². The van der Waals surface area contributed by atoms with E-state index in [-0.39, 0.29) is 25.7 Å². The highest BCUT2D eigenvalue weighted by Gasteiger charge is 2.31. The van der Waals surface area contributed by atoms with Crippen molar-refractivity contribution in [1.29, 1.82) is 0 Å². The highest BCUT2D eigenvalue weighted by Crippen LogP contribution is 2.45. The van der Waals surface area contributed by atoms with Crippen molar-refractivity contribution in [3.05, 3.63) is 0 Å². The quantitative estimate of drug-likeness (QED) is 0.0222. The van der Waals surface area contributed by atoms with Gasteiger partial charge in [0.05, 0.1) is 26.4 Å². The van der Waals surface area contributed by atoms with Crippen molar-refractivity contribution in [3.8, 4) is 0 Å². The summed E-state index contributed by atoms with van der Waals surface area (Å²) in [4.78, 5) is 73.7. The maximum atomic E-state index is 13.2. The summed E-state index contributed by atoms with van der Waals surface area (Å²) in [6, 6.07) is 0. The van der Waals surface area contributed by atoms with Crippen LogP contribution in [-0.4, -0.2) is 96.7 Å². The maximum Gasteiger partial charge on any atom is 0.472 e. The van der Waals surface area contributed by atoms with Crippen LogP contribution in [0.5, 0.6) is 0 Å². The van der Waals surface area contributed by atoms with E-state index in [4.69, 9.17) is 37.0 Å². The Morgan fingerprint density at radius 3 is 0.597 bits per heavy atom. The molecule has 0 aromatic carbocycles. The first-order chi connectivity index (χ1) is 58.1. The number of carbonyl (C=O) groups excluding carboxylic acids is 4. The Hall–Kier alpha value is -1.94. The van der Waals surface area contributed by atoms with Gasteiger partial charge in [-0.05, 0) is 31.6 Å². The fraction of sp³-hybridized carbons (Fsp3) is 0.960. The van der Waals surface area contributed by atoms with E-state index in [1.807, 2.05) is 0 Å². The number of hydrogen-bond acceptors (Lipinski definition) is 15. The molecule has 0 rings (SSSR count). The van der Waals surface area contributed by atoms with Crippen LogP contribution in [-0.2, 0) is 65.4 Å². The maximum absolute atomic E-state index is 13.2. The second-order valence-corrected chi connectivity index (χ2v) is 39.0. The van der Waals surface area contributed by atoms with Crippen LogP contribution in [0.3, 0.4) is 0 Å². The normalized spacial score (nSPS) is 13.8. The van der Waals surface area contributed by atoms with Gasteiger partial charge >= 0.3 is 39.5 Å². The molecule has 19 heteroatoms. The van der Waals surface area contributed by atoms with Crippen LogP contribution in [0.2, 0.25) is 0 Å². The minimum Gasteiger partial charge on any atom is -0.462 e. The lowest BCUT2D eigenvalue weighted by Crippen LogP contribution is -2.30. The van der Waals surface area contributed by atoms with Gasteiger partial charge in [-0.2, -0.15) is 0 Å². The van der Waals surface area contributed by atoms with Gasteiger partial charge in [-0.25, -0.2) is 9.13 Å². The first-order valence-corrected chi connectivity index (χ1v) is 54.7. The number of phosphoric ester groups is 2. The Morgan fingerprint density at radius 1 is 0.235 bits per heavy atom. The van der Waals surface area contributed by atoms with Crippen molar-refractivity contribution < 1.29 is 80.2 Å². The zero-order valence-electron chi connectivity index (χ0n) is 78.8. The van der Waals surface area contributed by atoms with Gasteiger partial charge in [-0.1, -0.05) is 503 Å². The molecule has 0 fully saturated rings. The summed E-state index contributed by atoms with van der Waals surface area (Å²) in [6.45, 7) is 7.51. The van der Waals surface area contributed by atoms with Gasteiger partial charge in [0, 0.05) is 25.7 Å². The fourth-order valence-corrected chi connectivity index (χ4v) is 17.5. The lowest BCUT2D eigenvalue weighted by atomic mass is 9.99. The van der Waals surface area contributed by atoms with E-state index >= 15 is 0 Å². The average molecular weight is 1730 g/mol. The Morgan fingerprint density at radius 2 is 0.403 bits per heavy atom. The topological polar surface area (TPSA) is 237 Å². The molecule has 0 aliphatic heterocycles. The summed E-state index contributed by atoms with van der Waals surface area (Å²) in [5, 5.41) is 10.7. The minimum atomic E-state index is -4.98. The molecule has 0 saturated heterocycles. The fourth-order valence-electron chi connectivity index (χ4n) is 15.9. The predicted molar refractivity (Wildman–Crippen MR) is 497 cm³/mol. The van der Waals surface area contributed by atoms with E-state index in [0.29, 0.717) is 25.7 Å². The number of aliphatic hydroxyl groups excluding tert-OH is 1. The van der Waals surface area contributed by atoms with Gasteiger partial charge in [0.15, 0.2) is 12.2 Å². The third-order valence-corrected chi connectivity index (χ3v) is 26.0. The average Bonchev–Trinajstić information content (AvgIpc) is 0.897. The predicted octanol–water partition coefficient (Wildman–Crippen LogP) is 31.8. The monoisotopic (exact) mass is 1730 g/mol. The summed E-state index contributed by atoms with van der Waals surface area (Å²) in [5.41, 5.74) is 0. The van der Waals surface area contributed by atoms with Crippen LogP contribution in [0, 0.1) is 5.92 Å². The van der Waals surface area contributed by atoms with Crippen LogP contribution < -0.4 is 0 Å². The van der Waals surface area contributed by atoms with E-state index in [0.717, 1.165) is 95.8 Å². The second-order valence-electron chi connectivity index (χ2n) is 36.1. The summed E-state index contributed by atoms with van der Waals surface area (Å²) >= 11 is 0. The number of unbranched alkanes of at least 4 members (excludes halogenated alkanes) is 71. The molecule has 17 nitrogen and oxygen atoms in total. The number of ether oxygens (including phenoxy) is 4. The zero-order valence-corrected chi connectivity index (χ0v) is 80.6. The molecule has 0 saturated carbocycles. The lowest BCUT2D eigenvalue weighted by molar-refractivity contribution is -0.161. The molecule has 0 aromatic rings. The van der Waals surface area contributed by atoms with Crippen LogP contribution in [0.1, 0.15) is 555 Å². The summed E-state index contributed by atoms with van der Waals surface area (Å²) < 4.78 is 69.4. The van der Waals surface area contributed by atoms with Gasteiger partial charge in [0.1, 0.15) is 19.3 Å². The van der Waals surface area contributed by atoms with Crippen LogP contribution in [0.15, 0.2) is 0 Å². The van der Waals surface area contributed by atoms with Crippen molar-refractivity contribution in [2.75, 3.05) is 39.6 Å². The second kappa shape index (κ2) is 92.2. The van der Waals surface area contributed by atoms with Crippen molar-refractivity contribution in [3.63, 3.8) is 0 Å². The molecule has 3 N–H and O–H groups in total. The van der Waals surface area contributed by atoms with Gasteiger partial charge in [0.25, 0.3) is 0 Å². The molecular weight excluding hydrogens is 1540 g/mol. The molecule has 6 atom stereocenters. The molecule has 0 aliphatic rings. The number of carbonyl (C=O) groups is 4. The molecule has 0 amide bonds. The molecule has 0 radical (unpaired) electrons. The highest BCUT2D eigenvalue weighted by atomic mass is 31.2. The lowest BCUT2D eigenvalue weighted by Gasteiger charge is -2.21. The summed E-state index contributed by atoms with van der Waals surface area (Å²) in [5.74, 6) is -1.21. The van der Waals surface area contributed by atoms with Gasteiger partial charge in [-0.3, -0.25) is 37.3 Å². The third-order valence-electron chi connectivity index (χ3n) is 24.1. The van der Waals surface area contributed by atoms with Gasteiger partial charge < -0.3 is 33.8 Å². The first-order valence-electron chi connectivity index (χ1n) is 51.7. The Labute approximate surface area is 734 Å². The van der Waals surface area contributed by atoms with Crippen molar-refractivity contribution in [1.82, 2.24) is 0 Å². The molecule has 119 heavy (non-hydrogen) atoms. The molecule has 0 aromatic heterocycles. The minimum absolute atomic E-state index is 0.110. The van der Waals surface area contributed by atoms with Crippen LogP contribution in [0.4, 0.5) is 0 Å². The number of hydrogen-bond donors (Lipinski definition) is 3. The van der Waals surface area contributed by atoms with E-state index < -0.39 is 97.5 Å². The molecule has 0 heterocycles. The molecule has 0 bridgehead atoms. The number of esters is 4. The molecular formula is C100H196O17P2. The molecule has 3 unspecified atom stereocenters. The number of aliphatic hydroxyl groups is 1. The molecule has 708 valence electrons. The van der Waals surface area contributed by atoms with Crippen molar-refractivity contribution >= 4 is 39.5 Å². The summed E-state index contributed by atoms with van der Waals surface area (Å²) in [7, 11) is -9.95. The Balaban J connectivity index is 5.24. The van der Waals surface area contributed by atoms with Crippen molar-refractivity contribution in [2.45, 2.75) is 573 Å². The van der Waals surface area contributed by atoms with Crippen LogP contribution >= 0.6 is 15.6 Å². The van der Waals surface area contributed by atoms with E-state index in [2.05, 4.69) is 34.6 Å². The number of phosphoric acid groups is 2. The largest absolute Gasteiger partial charge is 0.472 e. The molecule has 0 spiro atoms. The smallest absolute Gasteiger partial charge is 0.462 e. The highest BCUT2D eigenvalue weighted by molar-refractivity contribution is 7.47. The Bertz CT molecular complexity index is 2240. The Kier molecular flexibility index (Phi) is 90.7. The van der Waals surface area contributed by atoms with Gasteiger partial charge in [0.2, 0.25) is 0 Å². The van der Waals surface area contributed by atoms with E-state index in [1.54, 1.807) is 0 Å². The van der Waals surface area contributed by atoms with E-state index in [9.17, 15) is 43.2 Å². The zero-order chi connectivity index (χ0) is 86.8. The van der Waals surface area contributed by atoms with Crippen LogP contribution in [0.25, 0.3) is 0 Å². The number of rotatable bonds is 100. The van der Waals surface area contributed by atoms with Gasteiger partial charge in [-0.15, -0.1) is 0 Å². The van der Waals surface area contributed by atoms with Crippen molar-refractivity contribution in [2.24, 2.45) is 5.92 Å². The summed E-state index contributed by atoms with van der Waals surface area (Å²) in [6.07, 6.45) is 91.9. The molecule has 0 aliphatic carbocycles.